The van der Waals surface area contributed by atoms with Gasteiger partial charge >= 0.3 is 0 Å². The molecule has 0 atom stereocenters. The molecule has 82 valence electrons. The first-order valence-corrected chi connectivity index (χ1v) is 5.62. The Morgan fingerprint density at radius 2 is 2.07 bits per heavy atom. The van der Waals surface area contributed by atoms with Crippen molar-refractivity contribution in [2.45, 2.75) is 58.0 Å². The van der Waals surface area contributed by atoms with Crippen LogP contribution in [-0.4, -0.2) is 24.0 Å². The fourth-order valence-corrected chi connectivity index (χ4v) is 1.81. The average molecular weight is 198 g/mol. The molecule has 0 aromatic heterocycles. The van der Waals surface area contributed by atoms with Crippen LogP contribution in [0.25, 0.3) is 0 Å². The first kappa shape index (κ1) is 11.5. The van der Waals surface area contributed by atoms with Gasteiger partial charge in [0, 0.05) is 11.6 Å². The number of hydrogen-bond acceptors (Lipinski definition) is 2. The third kappa shape index (κ3) is 2.98. The molecule has 0 saturated heterocycles. The van der Waals surface area contributed by atoms with E-state index in [9.17, 15) is 4.79 Å². The average Bonchev–Trinajstić information content (AvgIpc) is 2.08. The van der Waals surface area contributed by atoms with Gasteiger partial charge in [-0.05, 0) is 25.7 Å². The van der Waals surface area contributed by atoms with E-state index < -0.39 is 0 Å². The van der Waals surface area contributed by atoms with Crippen LogP contribution in [0.4, 0.5) is 0 Å². The van der Waals surface area contributed by atoms with Gasteiger partial charge in [-0.1, -0.05) is 20.8 Å². The van der Waals surface area contributed by atoms with Gasteiger partial charge in [0.25, 0.3) is 0 Å². The summed E-state index contributed by atoms with van der Waals surface area (Å²) in [6.45, 7) is 6.69. The second-order valence-corrected chi connectivity index (χ2v) is 4.57. The molecule has 14 heavy (non-hydrogen) atoms. The van der Waals surface area contributed by atoms with Crippen molar-refractivity contribution in [2.75, 3.05) is 6.54 Å². The molecule has 0 bridgehead atoms. The van der Waals surface area contributed by atoms with E-state index in [4.69, 9.17) is 0 Å². The Bertz CT molecular complexity index is 192. The molecule has 1 aliphatic rings. The second-order valence-electron chi connectivity index (χ2n) is 4.57. The van der Waals surface area contributed by atoms with Gasteiger partial charge in [-0.2, -0.15) is 0 Å². The molecule has 2 N–H and O–H groups in total. The predicted octanol–water partition coefficient (Wildman–Crippen LogP) is 1.43. The molecule has 0 heterocycles. The van der Waals surface area contributed by atoms with Crippen molar-refractivity contribution in [3.63, 3.8) is 0 Å². The topological polar surface area (TPSA) is 41.1 Å². The van der Waals surface area contributed by atoms with Crippen LogP contribution in [0.5, 0.6) is 0 Å². The minimum absolute atomic E-state index is 0.135. The minimum Gasteiger partial charge on any atom is -0.350 e. The summed E-state index contributed by atoms with van der Waals surface area (Å²) < 4.78 is 0. The maximum Gasteiger partial charge on any atom is 0.234 e. The van der Waals surface area contributed by atoms with Gasteiger partial charge in [0.05, 0.1) is 6.54 Å². The zero-order valence-corrected chi connectivity index (χ0v) is 9.52. The van der Waals surface area contributed by atoms with Gasteiger partial charge in [-0.25, -0.2) is 0 Å². The van der Waals surface area contributed by atoms with Crippen LogP contribution in [0.15, 0.2) is 0 Å². The molecule has 0 aromatic carbocycles. The molecule has 0 aromatic rings. The molecule has 3 heteroatoms. The third-order valence-electron chi connectivity index (χ3n) is 3.06. The highest BCUT2D eigenvalue weighted by molar-refractivity contribution is 5.79. The largest absolute Gasteiger partial charge is 0.350 e. The lowest BCUT2D eigenvalue weighted by atomic mass is 9.75. The molecule has 0 radical (unpaired) electrons. The number of rotatable bonds is 5. The van der Waals surface area contributed by atoms with Crippen molar-refractivity contribution in [3.05, 3.63) is 0 Å². The first-order chi connectivity index (χ1) is 6.58. The fourth-order valence-electron chi connectivity index (χ4n) is 1.81. The van der Waals surface area contributed by atoms with E-state index in [0.29, 0.717) is 12.6 Å². The minimum atomic E-state index is 0.135. The first-order valence-electron chi connectivity index (χ1n) is 5.62. The second kappa shape index (κ2) is 4.78. The lowest BCUT2D eigenvalue weighted by Gasteiger charge is -2.42. The highest BCUT2D eigenvalue weighted by Crippen LogP contribution is 2.34. The van der Waals surface area contributed by atoms with Gasteiger partial charge in [-0.3, -0.25) is 4.79 Å². The summed E-state index contributed by atoms with van der Waals surface area (Å²) in [7, 11) is 0. The number of hydrogen-bond donors (Lipinski definition) is 2. The third-order valence-corrected chi connectivity index (χ3v) is 3.06. The van der Waals surface area contributed by atoms with Crippen molar-refractivity contribution < 1.29 is 4.79 Å². The van der Waals surface area contributed by atoms with E-state index in [0.717, 1.165) is 19.3 Å². The number of nitrogens with one attached hydrogen (secondary N) is 2. The summed E-state index contributed by atoms with van der Waals surface area (Å²) in [5.74, 6) is 0.139. The summed E-state index contributed by atoms with van der Waals surface area (Å²) in [5.41, 5.74) is 0.135. The molecule has 1 rings (SSSR count). The molecule has 0 aliphatic heterocycles. The summed E-state index contributed by atoms with van der Waals surface area (Å²) >= 11 is 0. The van der Waals surface area contributed by atoms with Crippen LogP contribution >= 0.6 is 0 Å². The summed E-state index contributed by atoms with van der Waals surface area (Å²) in [6, 6.07) is 0.375. The van der Waals surface area contributed by atoms with Crippen molar-refractivity contribution >= 4 is 5.91 Å². The molecule has 1 fully saturated rings. The monoisotopic (exact) mass is 198 g/mol. The maximum absolute atomic E-state index is 11.5. The van der Waals surface area contributed by atoms with Crippen molar-refractivity contribution in [2.24, 2.45) is 0 Å². The Labute approximate surface area is 86.6 Å². The van der Waals surface area contributed by atoms with Crippen LogP contribution < -0.4 is 10.6 Å². The van der Waals surface area contributed by atoms with Gasteiger partial charge in [0.15, 0.2) is 0 Å². The number of amides is 1. The Hall–Kier alpha value is -0.570. The lowest BCUT2D eigenvalue weighted by Crippen LogP contribution is -2.55. The quantitative estimate of drug-likeness (QED) is 0.701. The van der Waals surface area contributed by atoms with Gasteiger partial charge < -0.3 is 10.6 Å². The summed E-state index contributed by atoms with van der Waals surface area (Å²) in [5, 5.41) is 6.26. The zero-order valence-electron chi connectivity index (χ0n) is 9.52. The molecule has 0 spiro atoms. The van der Waals surface area contributed by atoms with E-state index in [1.807, 2.05) is 13.8 Å². The SMILES string of the molecule is CCC1(NC(=O)CNC(C)C)CCC1. The van der Waals surface area contributed by atoms with Crippen LogP contribution in [-0.2, 0) is 4.79 Å². The van der Waals surface area contributed by atoms with Crippen LogP contribution in [0.2, 0.25) is 0 Å². The molecule has 0 unspecified atom stereocenters. The molecule has 1 amide bonds. The maximum atomic E-state index is 11.5. The number of carbonyl (C=O) groups is 1. The van der Waals surface area contributed by atoms with Gasteiger partial charge in [0.2, 0.25) is 5.91 Å². The highest BCUT2D eigenvalue weighted by Gasteiger charge is 2.36. The molecule has 3 nitrogen and oxygen atoms in total. The van der Waals surface area contributed by atoms with E-state index in [-0.39, 0.29) is 11.4 Å². The van der Waals surface area contributed by atoms with Gasteiger partial charge in [-0.15, -0.1) is 0 Å². The van der Waals surface area contributed by atoms with E-state index in [2.05, 4.69) is 17.6 Å². The number of carbonyl (C=O) groups excluding carboxylic acids is 1. The smallest absolute Gasteiger partial charge is 0.234 e. The molecular formula is C11H22N2O. The fraction of sp³-hybridized carbons (Fsp3) is 0.909. The Morgan fingerprint density at radius 1 is 1.43 bits per heavy atom. The van der Waals surface area contributed by atoms with Crippen molar-refractivity contribution in [3.8, 4) is 0 Å². The normalized spacial score (nSPS) is 19.1. The lowest BCUT2D eigenvalue weighted by molar-refractivity contribution is -0.123. The van der Waals surface area contributed by atoms with Crippen molar-refractivity contribution in [1.29, 1.82) is 0 Å². The van der Waals surface area contributed by atoms with Crippen LogP contribution in [0.3, 0.4) is 0 Å². The Morgan fingerprint density at radius 3 is 2.43 bits per heavy atom. The standard InChI is InChI=1S/C11H22N2O/c1-4-11(6-5-7-11)13-10(14)8-12-9(2)3/h9,12H,4-8H2,1-3H3,(H,13,14). The Balaban J connectivity index is 2.25. The van der Waals surface area contributed by atoms with E-state index in [1.165, 1.54) is 6.42 Å². The van der Waals surface area contributed by atoms with E-state index >= 15 is 0 Å². The highest BCUT2D eigenvalue weighted by atomic mass is 16.2. The Kier molecular flexibility index (Phi) is 3.93. The summed E-state index contributed by atoms with van der Waals surface area (Å²) in [6.07, 6.45) is 4.61. The molecule has 1 aliphatic carbocycles. The van der Waals surface area contributed by atoms with Crippen LogP contribution in [0, 0.1) is 0 Å². The predicted molar refractivity (Wildman–Crippen MR) is 58.2 cm³/mol. The van der Waals surface area contributed by atoms with E-state index in [1.54, 1.807) is 0 Å². The zero-order chi connectivity index (χ0) is 10.6. The molecule has 1 saturated carbocycles. The van der Waals surface area contributed by atoms with Gasteiger partial charge in [0.1, 0.15) is 0 Å². The molecular weight excluding hydrogens is 176 g/mol. The van der Waals surface area contributed by atoms with Crippen LogP contribution in [0.1, 0.15) is 46.5 Å². The summed E-state index contributed by atoms with van der Waals surface area (Å²) in [4.78, 5) is 11.5. The van der Waals surface area contributed by atoms with Crippen molar-refractivity contribution in [1.82, 2.24) is 10.6 Å².